The molecule has 1 aromatic carbocycles. The maximum Gasteiger partial charge on any atom is 0.269 e. The van der Waals surface area contributed by atoms with Crippen LogP contribution in [0.1, 0.15) is 23.7 Å². The molecule has 0 N–H and O–H groups in total. The van der Waals surface area contributed by atoms with Gasteiger partial charge in [0, 0.05) is 24.7 Å². The summed E-state index contributed by atoms with van der Waals surface area (Å²) in [4.78, 5) is 23.9. The van der Waals surface area contributed by atoms with Gasteiger partial charge in [-0.05, 0) is 25.5 Å². The Morgan fingerprint density at radius 1 is 1.33 bits per heavy atom. The number of hydrogen-bond acceptors (Lipinski definition) is 5. The average Bonchev–Trinajstić information content (AvgIpc) is 2.72. The van der Waals surface area contributed by atoms with E-state index in [2.05, 4.69) is 0 Å². The highest BCUT2D eigenvalue weighted by molar-refractivity contribution is 7.91. The van der Waals surface area contributed by atoms with E-state index in [-0.39, 0.29) is 23.1 Å². The number of carbonyl (C=O) groups is 1. The van der Waals surface area contributed by atoms with Crippen molar-refractivity contribution < 1.29 is 18.1 Å². The summed E-state index contributed by atoms with van der Waals surface area (Å²) in [6, 6.07) is 5.27. The minimum absolute atomic E-state index is 0.0603. The zero-order valence-electron chi connectivity index (χ0n) is 11.8. The standard InChI is InChI=1S/C13H16N2O5S/c1-13(7-8-21(19,20)9-13)14(2)12(16)10-3-5-11(6-4-10)15(17)18/h3-6H,7-9H2,1-2H3. The highest BCUT2D eigenvalue weighted by Gasteiger charge is 2.43. The molecule has 0 aliphatic carbocycles. The first-order valence-electron chi connectivity index (χ1n) is 6.38. The monoisotopic (exact) mass is 312 g/mol. The van der Waals surface area contributed by atoms with Crippen LogP contribution in [0.25, 0.3) is 0 Å². The second-order valence-corrected chi connectivity index (χ2v) is 7.69. The quantitative estimate of drug-likeness (QED) is 0.618. The molecule has 0 bridgehead atoms. The Bertz CT molecular complexity index is 683. The van der Waals surface area contributed by atoms with Gasteiger partial charge in [0.15, 0.2) is 9.84 Å². The van der Waals surface area contributed by atoms with Gasteiger partial charge in [0.05, 0.1) is 22.0 Å². The van der Waals surface area contributed by atoms with Crippen molar-refractivity contribution in [3.63, 3.8) is 0 Å². The molecule has 114 valence electrons. The lowest BCUT2D eigenvalue weighted by Crippen LogP contribution is -2.48. The van der Waals surface area contributed by atoms with Gasteiger partial charge in [0.2, 0.25) is 0 Å². The Morgan fingerprint density at radius 2 is 1.90 bits per heavy atom. The van der Waals surface area contributed by atoms with Crippen LogP contribution >= 0.6 is 0 Å². The third-order valence-corrected chi connectivity index (χ3v) is 5.81. The summed E-state index contributed by atoms with van der Waals surface area (Å²) >= 11 is 0. The summed E-state index contributed by atoms with van der Waals surface area (Å²) in [6.07, 6.45) is 0.393. The van der Waals surface area contributed by atoms with Crippen molar-refractivity contribution in [2.45, 2.75) is 18.9 Å². The molecule has 1 unspecified atom stereocenters. The fraction of sp³-hybridized carbons (Fsp3) is 0.462. The van der Waals surface area contributed by atoms with Crippen LogP contribution in [0.4, 0.5) is 5.69 Å². The molecule has 1 atom stereocenters. The minimum atomic E-state index is -3.12. The van der Waals surface area contributed by atoms with E-state index in [1.807, 2.05) is 0 Å². The van der Waals surface area contributed by atoms with Crippen LogP contribution in [-0.2, 0) is 9.84 Å². The Labute approximate surface area is 122 Å². The molecule has 1 saturated heterocycles. The fourth-order valence-corrected chi connectivity index (χ4v) is 4.60. The number of benzene rings is 1. The van der Waals surface area contributed by atoms with E-state index in [0.717, 1.165) is 0 Å². The SMILES string of the molecule is CN(C(=O)c1ccc([N+](=O)[O-])cc1)C1(C)CCS(=O)(=O)C1. The average molecular weight is 312 g/mol. The highest BCUT2D eigenvalue weighted by atomic mass is 32.2. The summed E-state index contributed by atoms with van der Waals surface area (Å²) in [5.41, 5.74) is -0.532. The Kier molecular flexibility index (Phi) is 3.75. The summed E-state index contributed by atoms with van der Waals surface area (Å²) in [5.74, 6) is -0.333. The van der Waals surface area contributed by atoms with Crippen LogP contribution in [0.15, 0.2) is 24.3 Å². The molecule has 1 heterocycles. The highest BCUT2D eigenvalue weighted by Crippen LogP contribution is 2.29. The lowest BCUT2D eigenvalue weighted by molar-refractivity contribution is -0.384. The molecule has 1 aliphatic heterocycles. The van der Waals surface area contributed by atoms with E-state index in [4.69, 9.17) is 0 Å². The maximum absolute atomic E-state index is 12.4. The molecule has 0 spiro atoms. The largest absolute Gasteiger partial charge is 0.335 e. The van der Waals surface area contributed by atoms with Crippen LogP contribution in [0.5, 0.6) is 0 Å². The third-order valence-electron chi connectivity index (χ3n) is 3.92. The van der Waals surface area contributed by atoms with Crippen LogP contribution in [0, 0.1) is 10.1 Å². The van der Waals surface area contributed by atoms with Crippen molar-refractivity contribution in [1.29, 1.82) is 0 Å². The maximum atomic E-state index is 12.4. The van der Waals surface area contributed by atoms with Gasteiger partial charge in [-0.2, -0.15) is 0 Å². The van der Waals surface area contributed by atoms with Crippen LogP contribution in [0.2, 0.25) is 0 Å². The van der Waals surface area contributed by atoms with Gasteiger partial charge >= 0.3 is 0 Å². The van der Waals surface area contributed by atoms with Gasteiger partial charge in [-0.25, -0.2) is 8.42 Å². The van der Waals surface area contributed by atoms with Crippen molar-refractivity contribution in [3.05, 3.63) is 39.9 Å². The zero-order valence-corrected chi connectivity index (χ0v) is 12.6. The summed E-state index contributed by atoms with van der Waals surface area (Å²) in [6.45, 7) is 1.74. The number of nitro groups is 1. The topological polar surface area (TPSA) is 97.6 Å². The van der Waals surface area contributed by atoms with E-state index in [1.165, 1.54) is 29.2 Å². The predicted molar refractivity (Wildman–Crippen MR) is 76.9 cm³/mol. The fourth-order valence-electron chi connectivity index (χ4n) is 2.42. The molecule has 1 aromatic rings. The van der Waals surface area contributed by atoms with Gasteiger partial charge in [0.1, 0.15) is 0 Å². The van der Waals surface area contributed by atoms with Crippen molar-refractivity contribution in [2.24, 2.45) is 0 Å². The predicted octanol–water partition coefficient (Wildman–Crippen LogP) is 1.24. The number of sulfone groups is 1. The normalized spacial score (nSPS) is 23.7. The molecule has 21 heavy (non-hydrogen) atoms. The molecule has 2 rings (SSSR count). The van der Waals surface area contributed by atoms with Crippen LogP contribution < -0.4 is 0 Å². The van der Waals surface area contributed by atoms with E-state index in [1.54, 1.807) is 14.0 Å². The van der Waals surface area contributed by atoms with E-state index in [0.29, 0.717) is 12.0 Å². The van der Waals surface area contributed by atoms with E-state index < -0.39 is 20.3 Å². The molecule has 1 aliphatic rings. The van der Waals surface area contributed by atoms with Crippen molar-refractivity contribution in [2.75, 3.05) is 18.6 Å². The third kappa shape index (κ3) is 3.05. The van der Waals surface area contributed by atoms with Crippen LogP contribution in [0.3, 0.4) is 0 Å². The summed E-state index contributed by atoms with van der Waals surface area (Å²) < 4.78 is 23.2. The molecular weight excluding hydrogens is 296 g/mol. The first-order chi connectivity index (χ1) is 9.65. The first kappa shape index (κ1) is 15.4. The van der Waals surface area contributed by atoms with Gasteiger partial charge in [0.25, 0.3) is 11.6 Å². The second-order valence-electron chi connectivity index (χ2n) is 5.51. The van der Waals surface area contributed by atoms with Gasteiger partial charge in [-0.1, -0.05) is 0 Å². The van der Waals surface area contributed by atoms with Gasteiger partial charge in [-0.15, -0.1) is 0 Å². The molecule has 0 aromatic heterocycles. The van der Waals surface area contributed by atoms with Crippen molar-refractivity contribution in [1.82, 2.24) is 4.90 Å². The summed E-state index contributed by atoms with van der Waals surface area (Å²) in [7, 11) is -1.56. The second kappa shape index (κ2) is 5.10. The molecule has 1 fully saturated rings. The van der Waals surface area contributed by atoms with E-state index in [9.17, 15) is 23.3 Å². The molecule has 0 radical (unpaired) electrons. The number of rotatable bonds is 3. The lowest BCUT2D eigenvalue weighted by Gasteiger charge is -2.34. The zero-order chi connectivity index (χ0) is 15.8. The minimum Gasteiger partial charge on any atom is -0.335 e. The number of hydrogen-bond donors (Lipinski definition) is 0. The number of nitrogens with zero attached hydrogens (tertiary/aromatic N) is 2. The van der Waals surface area contributed by atoms with Crippen LogP contribution in [-0.4, -0.2) is 48.2 Å². The summed E-state index contributed by atoms with van der Waals surface area (Å²) in [5, 5.41) is 10.6. The van der Waals surface area contributed by atoms with Gasteiger partial charge in [-0.3, -0.25) is 14.9 Å². The number of carbonyl (C=O) groups excluding carboxylic acids is 1. The Balaban J connectivity index is 2.21. The molecule has 7 nitrogen and oxygen atoms in total. The lowest BCUT2D eigenvalue weighted by atomic mass is 9.99. The molecule has 1 amide bonds. The number of amides is 1. The Morgan fingerprint density at radius 3 is 2.33 bits per heavy atom. The first-order valence-corrected chi connectivity index (χ1v) is 8.20. The molecule has 0 saturated carbocycles. The molecule has 8 heteroatoms. The van der Waals surface area contributed by atoms with Gasteiger partial charge < -0.3 is 4.90 Å². The number of nitro benzene ring substituents is 1. The molecular formula is C13H16N2O5S. The Hall–Kier alpha value is -1.96. The number of non-ortho nitro benzene ring substituents is 1. The van der Waals surface area contributed by atoms with Crippen molar-refractivity contribution >= 4 is 21.4 Å². The smallest absolute Gasteiger partial charge is 0.269 e. The van der Waals surface area contributed by atoms with E-state index >= 15 is 0 Å². The van der Waals surface area contributed by atoms with Crippen molar-refractivity contribution in [3.8, 4) is 0 Å².